The lowest BCUT2D eigenvalue weighted by Crippen LogP contribution is -2.61. The lowest BCUT2D eigenvalue weighted by molar-refractivity contribution is -0.301. The number of allylic oxidation sites excluding steroid dienone is 14. The Morgan fingerprint density at radius 2 is 0.890 bits per heavy atom. The van der Waals surface area contributed by atoms with E-state index < -0.39 is 67.3 Å². The molecule has 0 spiro atoms. The van der Waals surface area contributed by atoms with Gasteiger partial charge >= 0.3 is 23.9 Å². The number of carbonyl (C=O) groups excluding carboxylic acids is 3. The van der Waals surface area contributed by atoms with Crippen LogP contribution in [0.3, 0.4) is 0 Å². The van der Waals surface area contributed by atoms with Crippen molar-refractivity contribution in [3.05, 3.63) is 85.1 Å². The predicted molar refractivity (Wildman–Crippen MR) is 294 cm³/mol. The highest BCUT2D eigenvalue weighted by Crippen LogP contribution is 2.26. The third-order valence-electron chi connectivity index (χ3n) is 12.4. The second-order valence-corrected chi connectivity index (χ2v) is 19.2. The van der Waals surface area contributed by atoms with E-state index in [2.05, 4.69) is 99.8 Å². The van der Waals surface area contributed by atoms with E-state index >= 15 is 0 Å². The van der Waals surface area contributed by atoms with Gasteiger partial charge in [0.05, 0.1) is 6.61 Å². The largest absolute Gasteiger partial charge is 0.479 e. The van der Waals surface area contributed by atoms with Crippen molar-refractivity contribution in [3.63, 3.8) is 0 Å². The van der Waals surface area contributed by atoms with Gasteiger partial charge in [-0.2, -0.15) is 0 Å². The number of esters is 3. The summed E-state index contributed by atoms with van der Waals surface area (Å²) in [6, 6.07) is 0. The van der Waals surface area contributed by atoms with Gasteiger partial charge in [-0.3, -0.25) is 14.4 Å². The molecule has 6 unspecified atom stereocenters. The average Bonchev–Trinajstić information content (AvgIpc) is 3.37. The summed E-state index contributed by atoms with van der Waals surface area (Å²) >= 11 is 0. The van der Waals surface area contributed by atoms with Gasteiger partial charge in [-0.25, -0.2) is 4.79 Å². The van der Waals surface area contributed by atoms with Gasteiger partial charge in [0.25, 0.3) is 0 Å². The molecule has 0 aromatic carbocycles. The van der Waals surface area contributed by atoms with Gasteiger partial charge in [0.1, 0.15) is 18.8 Å². The first kappa shape index (κ1) is 66.9. The molecule has 416 valence electrons. The van der Waals surface area contributed by atoms with Gasteiger partial charge in [-0.05, 0) is 103 Å². The average molecular weight is 1030 g/mol. The molecule has 3 N–H and O–H groups in total. The summed E-state index contributed by atoms with van der Waals surface area (Å²) in [5.41, 5.74) is 0. The van der Waals surface area contributed by atoms with E-state index in [1.807, 2.05) is 6.08 Å². The summed E-state index contributed by atoms with van der Waals surface area (Å²) in [5, 5.41) is 31.4. The maximum Gasteiger partial charge on any atom is 0.335 e. The fourth-order valence-corrected chi connectivity index (χ4v) is 8.02. The van der Waals surface area contributed by atoms with Crippen molar-refractivity contribution in [3.8, 4) is 0 Å². The van der Waals surface area contributed by atoms with Crippen molar-refractivity contribution in [2.24, 2.45) is 0 Å². The Balaban J connectivity index is 2.74. The zero-order valence-corrected chi connectivity index (χ0v) is 45.6. The second kappa shape index (κ2) is 48.8. The maximum absolute atomic E-state index is 13.1. The fourth-order valence-electron chi connectivity index (χ4n) is 8.02. The minimum absolute atomic E-state index is 0.0416. The van der Waals surface area contributed by atoms with Gasteiger partial charge in [0.2, 0.25) is 0 Å². The highest BCUT2D eigenvalue weighted by molar-refractivity contribution is 5.74. The molecule has 1 heterocycles. The van der Waals surface area contributed by atoms with Gasteiger partial charge in [-0.1, -0.05) is 189 Å². The molecule has 0 aliphatic carbocycles. The number of aliphatic carboxylic acids is 1. The van der Waals surface area contributed by atoms with Crippen LogP contribution in [0.15, 0.2) is 85.1 Å². The number of aliphatic hydroxyl groups excluding tert-OH is 2. The smallest absolute Gasteiger partial charge is 0.335 e. The monoisotopic (exact) mass is 1020 g/mol. The molecular weight excluding hydrogens is 925 g/mol. The number of hydrogen-bond acceptors (Lipinski definition) is 11. The molecule has 73 heavy (non-hydrogen) atoms. The Bertz CT molecular complexity index is 1590. The summed E-state index contributed by atoms with van der Waals surface area (Å²) < 4.78 is 28.3. The molecule has 1 rings (SSSR count). The summed E-state index contributed by atoms with van der Waals surface area (Å²) in [5.74, 6) is -3.23. The molecule has 1 saturated heterocycles. The number of carboxylic acids is 1. The van der Waals surface area contributed by atoms with Crippen LogP contribution < -0.4 is 0 Å². The van der Waals surface area contributed by atoms with E-state index in [-0.39, 0.29) is 25.9 Å². The van der Waals surface area contributed by atoms with Crippen LogP contribution in [-0.4, -0.2) is 89.2 Å². The van der Waals surface area contributed by atoms with Crippen LogP contribution in [0, 0.1) is 0 Å². The normalized spacial score (nSPS) is 18.9. The topological polar surface area (TPSA) is 175 Å². The van der Waals surface area contributed by atoms with Crippen molar-refractivity contribution in [2.75, 3.05) is 13.2 Å². The SMILES string of the molecule is CC/C=C\C/C=C\C/C=C\C/C=C\C/C=C\CCCC(=O)OCC(COC1OC(C(=O)O)C(O)C(O)C1OC(=O)CCCCCCC/C=C\CCCCCCCC)OC(=O)CCCCCCC/C=C\CCCC. The molecule has 1 fully saturated rings. The Morgan fingerprint density at radius 1 is 0.466 bits per heavy atom. The van der Waals surface area contributed by atoms with Crippen LogP contribution in [0.1, 0.15) is 226 Å². The zero-order chi connectivity index (χ0) is 53.3. The van der Waals surface area contributed by atoms with E-state index in [4.69, 9.17) is 23.7 Å². The van der Waals surface area contributed by atoms with Crippen LogP contribution in [0.25, 0.3) is 0 Å². The first-order chi connectivity index (χ1) is 35.6. The van der Waals surface area contributed by atoms with Gasteiger partial charge in [0, 0.05) is 19.3 Å². The first-order valence-corrected chi connectivity index (χ1v) is 28.6. The van der Waals surface area contributed by atoms with Crippen molar-refractivity contribution in [2.45, 2.75) is 263 Å². The van der Waals surface area contributed by atoms with Crippen molar-refractivity contribution in [1.29, 1.82) is 0 Å². The number of hydrogen-bond donors (Lipinski definition) is 3. The fraction of sp³-hybridized carbons (Fsp3) is 0.705. The molecule has 0 saturated carbocycles. The molecule has 0 radical (unpaired) electrons. The van der Waals surface area contributed by atoms with Crippen molar-refractivity contribution in [1.82, 2.24) is 0 Å². The lowest BCUT2D eigenvalue weighted by Gasteiger charge is -2.40. The van der Waals surface area contributed by atoms with Crippen LogP contribution in [-0.2, 0) is 42.9 Å². The van der Waals surface area contributed by atoms with Crippen molar-refractivity contribution < 1.29 is 58.2 Å². The summed E-state index contributed by atoms with van der Waals surface area (Å²) in [4.78, 5) is 51.0. The van der Waals surface area contributed by atoms with Crippen molar-refractivity contribution >= 4 is 23.9 Å². The number of unbranched alkanes of at least 4 members (excludes halogenated alkanes) is 19. The lowest BCUT2D eigenvalue weighted by atomic mass is 9.98. The first-order valence-electron chi connectivity index (χ1n) is 28.6. The molecule has 0 amide bonds. The van der Waals surface area contributed by atoms with Crippen LogP contribution in [0.2, 0.25) is 0 Å². The standard InChI is InChI=1S/C61H100O12/c1-4-7-10-13-16-19-22-24-26-27-29-30-33-35-38-41-44-47-53(62)69-50-52(71-54(63)48-45-42-39-36-32-21-18-15-12-9-6-3)51-70-61-59(57(66)56(65)58(73-61)60(67)68)72-55(64)49-46-43-40-37-34-31-28-25-23-20-17-14-11-8-5-2/h7,10,15-16,18-19,24-26,28-30,35,38,52,56-59,61,65-66H,4-6,8-9,11-14,17,20-23,27,31-34,36-37,39-51H2,1-3H3,(H,67,68)/b10-7-,18-15-,19-16-,26-24-,28-25-,30-29-,38-35-. The van der Waals surface area contributed by atoms with Crippen LogP contribution >= 0.6 is 0 Å². The number of aliphatic hydroxyl groups is 2. The summed E-state index contributed by atoms with van der Waals surface area (Å²) in [6.07, 6.45) is 50.0. The van der Waals surface area contributed by atoms with E-state index in [1.165, 1.54) is 51.4 Å². The predicted octanol–water partition coefficient (Wildman–Crippen LogP) is 14.3. The van der Waals surface area contributed by atoms with Gasteiger partial charge < -0.3 is 39.0 Å². The molecule has 0 aromatic rings. The molecule has 0 aromatic heterocycles. The number of rotatable bonds is 47. The molecular formula is C61H100O12. The molecule has 0 bridgehead atoms. The maximum atomic E-state index is 13.1. The Hall–Kier alpha value is -4.10. The van der Waals surface area contributed by atoms with Crippen LogP contribution in [0.4, 0.5) is 0 Å². The third kappa shape index (κ3) is 39.0. The second-order valence-electron chi connectivity index (χ2n) is 19.2. The molecule has 1 aliphatic heterocycles. The van der Waals surface area contributed by atoms with E-state index in [1.54, 1.807) is 0 Å². The Morgan fingerprint density at radius 3 is 1.41 bits per heavy atom. The Labute approximate surface area is 441 Å². The summed E-state index contributed by atoms with van der Waals surface area (Å²) in [7, 11) is 0. The summed E-state index contributed by atoms with van der Waals surface area (Å²) in [6.45, 7) is 5.76. The zero-order valence-electron chi connectivity index (χ0n) is 45.6. The molecule has 12 nitrogen and oxygen atoms in total. The number of carbonyl (C=O) groups is 4. The Kier molecular flexibility index (Phi) is 44.7. The van der Waals surface area contributed by atoms with E-state index in [0.717, 1.165) is 109 Å². The minimum atomic E-state index is -1.92. The third-order valence-corrected chi connectivity index (χ3v) is 12.4. The minimum Gasteiger partial charge on any atom is -0.479 e. The molecule has 6 atom stereocenters. The molecule has 12 heteroatoms. The van der Waals surface area contributed by atoms with E-state index in [9.17, 15) is 34.5 Å². The van der Waals surface area contributed by atoms with Gasteiger partial charge in [-0.15, -0.1) is 0 Å². The number of carboxylic acid groups (broad SMARTS) is 1. The van der Waals surface area contributed by atoms with E-state index in [0.29, 0.717) is 25.7 Å². The van der Waals surface area contributed by atoms with Gasteiger partial charge in [0.15, 0.2) is 24.6 Å². The molecule has 1 aliphatic rings. The highest BCUT2D eigenvalue weighted by atomic mass is 16.7. The number of ether oxygens (including phenoxy) is 5. The quantitative estimate of drug-likeness (QED) is 0.0228. The van der Waals surface area contributed by atoms with Crippen LogP contribution in [0.5, 0.6) is 0 Å². The highest BCUT2D eigenvalue weighted by Gasteiger charge is 2.50.